The van der Waals surface area contributed by atoms with E-state index in [9.17, 15) is 48.3 Å². The number of fused-ring (bicyclic) bond motifs is 10. The highest BCUT2D eigenvalue weighted by Crippen LogP contribution is 2.52. The molecule has 0 bridgehead atoms. The summed E-state index contributed by atoms with van der Waals surface area (Å²) in [5.74, 6) is -4.14. The average Bonchev–Trinajstić information content (AvgIpc) is 1.54. The Morgan fingerprint density at radius 3 is 1.74 bits per heavy atom. The highest BCUT2D eigenvalue weighted by atomic mass is 19.1. The first-order valence-electron chi connectivity index (χ1n) is 45.7. The van der Waals surface area contributed by atoms with Crippen molar-refractivity contribution in [3.05, 3.63) is 116 Å². The summed E-state index contributed by atoms with van der Waals surface area (Å²) < 4.78 is 96.6. The molecule has 3 aromatic heterocycles. The maximum atomic E-state index is 15.5. The van der Waals surface area contributed by atoms with Crippen molar-refractivity contribution in [3.63, 3.8) is 0 Å². The number of hydrogen-bond donors (Lipinski definition) is 7. The van der Waals surface area contributed by atoms with E-state index < -0.39 is 71.2 Å². The number of esters is 1. The van der Waals surface area contributed by atoms with Crippen LogP contribution in [-0.2, 0) is 143 Å². The molecule has 4 unspecified atom stereocenters. The molecule has 6 aliphatic rings. The zero-order chi connectivity index (χ0) is 92.7. The van der Waals surface area contributed by atoms with Crippen molar-refractivity contribution in [2.45, 2.75) is 142 Å². The van der Waals surface area contributed by atoms with Gasteiger partial charge in [0.05, 0.1) is 238 Å². The monoisotopic (exact) mass is 1830 g/mol. The number of pyridine rings is 2. The van der Waals surface area contributed by atoms with Crippen LogP contribution < -0.4 is 42.8 Å². The summed E-state index contributed by atoms with van der Waals surface area (Å²) in [6.45, 7) is 18.1. The number of nitrogens with two attached hydrogens (primary N) is 1. The first-order valence-corrected chi connectivity index (χ1v) is 45.7. The van der Waals surface area contributed by atoms with Gasteiger partial charge < -0.3 is 118 Å². The standard InChI is InChI=1S/C93H128FN13O24/c1-6-93(117)70-51-76-84-68(57-107(76)90(115)69(70)58-131-91(93)116)82-72(19-18-65-62(4)71(94)52-74(99-84)81(65)82)98-78(109)55-97-88(113)73(16-11-12-23-95)100-89(114)83(61(2)3)101-77(108)21-25-118-27-29-120-31-33-122-35-37-124-39-41-126-43-45-128-47-49-130-50-48-129-46-44-127-42-40-125-38-36-123-34-32-121-30-28-119-26-22-79(110)105-59-92(60-105)53-64(54-92)87(112)96-24-20-80(111)106-56-63-13-7-8-14-66(63)85-86(104(5)103-102-85)67-15-9-10-17-75(67)106/h7-10,13-15,17,51-52,61,64,72-73,83,117H,6,11-12,16,18-50,53-60,95H2,1-5H3,(H,96,112)(H,97,113)(H,98,109)(H,100,114)(H,101,108). The molecule has 7 amide bonds. The van der Waals surface area contributed by atoms with Crippen molar-refractivity contribution in [2.75, 3.05) is 209 Å². The molecule has 38 heteroatoms. The second-order valence-electron chi connectivity index (χ2n) is 33.7. The molecular weight excluding hydrogens is 1700 g/mol. The molecule has 2 aliphatic carbocycles. The molecule has 4 aliphatic heterocycles. The average molecular weight is 1830 g/mol. The summed E-state index contributed by atoms with van der Waals surface area (Å²) in [5.41, 5.74) is 12.1. The highest BCUT2D eigenvalue weighted by molar-refractivity contribution is 6.01. The number of aliphatic hydroxyl groups is 1. The fourth-order valence-electron chi connectivity index (χ4n) is 17.3. The third-order valence-electron chi connectivity index (χ3n) is 24.3. The van der Waals surface area contributed by atoms with Crippen LogP contribution in [0.4, 0.5) is 10.1 Å². The van der Waals surface area contributed by atoms with Crippen LogP contribution in [0, 0.1) is 30.0 Å². The van der Waals surface area contributed by atoms with Gasteiger partial charge in [0.15, 0.2) is 5.60 Å². The van der Waals surface area contributed by atoms with Gasteiger partial charge in [-0.15, -0.1) is 5.10 Å². The number of nitrogens with zero attached hydrogens (tertiary/aromatic N) is 7. The lowest BCUT2D eigenvalue weighted by Gasteiger charge is -2.58. The summed E-state index contributed by atoms with van der Waals surface area (Å²) in [5, 5.41) is 35.2. The Labute approximate surface area is 761 Å². The van der Waals surface area contributed by atoms with Crippen LogP contribution >= 0.6 is 0 Å². The molecule has 12 rings (SSSR count). The number of aryl methyl sites for hydroxylation is 2. The SMILES string of the molecule is CCC1(O)C(=O)OCc2c1cc1n(c2=O)Cc2c-1nc1cc(F)c(C)c3c1c2C(NC(=O)CNC(=O)C(CCCCN)NC(=O)C(NC(=O)CCOCCOCCOCCOCCOCCOCCOCCOCCOCCOCCOCCOCCOCCC(=O)N1CC2(CC(C(=O)NCCC(=O)N4Cc5ccccc5-c5nnn(C)c5-c5ccccc54)C2)C1)C(C)C)CC3. The van der Waals surface area contributed by atoms with Crippen molar-refractivity contribution in [1.82, 2.24) is 56.0 Å². The summed E-state index contributed by atoms with van der Waals surface area (Å²) in [6.07, 6.45) is 3.76. The van der Waals surface area contributed by atoms with E-state index in [1.54, 1.807) is 43.3 Å². The first-order chi connectivity index (χ1) is 63.6. The maximum Gasteiger partial charge on any atom is 0.343 e. The fraction of sp³-hybridized carbons (Fsp3) is 0.613. The third kappa shape index (κ3) is 26.8. The molecule has 8 N–H and O–H groups in total. The number of likely N-dealkylation sites (tertiary alicyclic amines) is 1. The molecule has 2 fully saturated rings. The van der Waals surface area contributed by atoms with E-state index in [0.717, 1.165) is 52.2 Å². The molecule has 1 saturated heterocycles. The molecule has 1 saturated carbocycles. The third-order valence-corrected chi connectivity index (χ3v) is 24.3. The van der Waals surface area contributed by atoms with Gasteiger partial charge in [-0.1, -0.05) is 68.4 Å². The Balaban J connectivity index is 0.392. The largest absolute Gasteiger partial charge is 0.458 e. The summed E-state index contributed by atoms with van der Waals surface area (Å²) >= 11 is 0. The van der Waals surface area contributed by atoms with E-state index in [4.69, 9.17) is 77.0 Å². The Hall–Kier alpha value is -9.75. The topological polar surface area (TPSA) is 444 Å². The molecule has 37 nitrogen and oxygen atoms in total. The summed E-state index contributed by atoms with van der Waals surface area (Å²) in [6, 6.07) is 15.9. The van der Waals surface area contributed by atoms with Crippen LogP contribution in [0.1, 0.15) is 130 Å². The van der Waals surface area contributed by atoms with E-state index in [-0.39, 0.29) is 118 Å². The lowest BCUT2D eigenvalue weighted by Crippen LogP contribution is -2.65. The van der Waals surface area contributed by atoms with Crippen LogP contribution in [0.25, 0.3) is 44.8 Å². The molecule has 6 aromatic rings. The van der Waals surface area contributed by atoms with Crippen LogP contribution in [0.5, 0.6) is 0 Å². The van der Waals surface area contributed by atoms with Crippen molar-refractivity contribution >= 4 is 63.9 Å². The number of para-hydroxylation sites is 1. The molecule has 131 heavy (non-hydrogen) atoms. The van der Waals surface area contributed by atoms with E-state index in [0.29, 0.717) is 243 Å². The number of unbranched alkanes of at least 4 members (excludes halogenated alkanes) is 1. The molecule has 4 atom stereocenters. The van der Waals surface area contributed by atoms with Crippen LogP contribution in [0.2, 0.25) is 0 Å². The van der Waals surface area contributed by atoms with Gasteiger partial charge in [-0.25, -0.2) is 18.9 Å². The van der Waals surface area contributed by atoms with E-state index in [1.807, 2.05) is 60.5 Å². The van der Waals surface area contributed by atoms with Gasteiger partial charge in [0.2, 0.25) is 41.4 Å². The number of amides is 7. The number of anilines is 1. The number of cyclic esters (lactones) is 1. The summed E-state index contributed by atoms with van der Waals surface area (Å²) in [7, 11) is 1.85. The number of halogens is 1. The predicted molar refractivity (Wildman–Crippen MR) is 475 cm³/mol. The minimum absolute atomic E-state index is 0.0165. The zero-order valence-electron chi connectivity index (χ0n) is 75.9. The maximum absolute atomic E-state index is 15.5. The van der Waals surface area contributed by atoms with Crippen LogP contribution in [-0.4, -0.2) is 298 Å². The van der Waals surface area contributed by atoms with Gasteiger partial charge in [0.25, 0.3) is 5.56 Å². The normalized spacial score (nSPS) is 16.7. The minimum Gasteiger partial charge on any atom is -0.458 e. The number of nitrogens with one attached hydrogen (secondary N) is 5. The van der Waals surface area contributed by atoms with Gasteiger partial charge in [0.1, 0.15) is 30.2 Å². The van der Waals surface area contributed by atoms with E-state index in [1.165, 1.54) is 10.6 Å². The number of ether oxygens (including phenoxy) is 14. The zero-order valence-corrected chi connectivity index (χ0v) is 75.9. The van der Waals surface area contributed by atoms with Crippen molar-refractivity contribution in [2.24, 2.45) is 30.0 Å². The highest BCUT2D eigenvalue weighted by Gasteiger charge is 2.55. The first kappa shape index (κ1) is 100. The van der Waals surface area contributed by atoms with Crippen molar-refractivity contribution < 1.29 is 114 Å². The molecule has 3 aromatic carbocycles. The van der Waals surface area contributed by atoms with E-state index >= 15 is 4.39 Å². The number of carbonyl (C=O) groups is 8. The molecule has 1 spiro atoms. The second-order valence-corrected chi connectivity index (χ2v) is 33.7. The van der Waals surface area contributed by atoms with Gasteiger partial charge in [-0.2, -0.15) is 0 Å². The van der Waals surface area contributed by atoms with Gasteiger partial charge in [0, 0.05) is 84.6 Å². The lowest BCUT2D eigenvalue weighted by molar-refractivity contribution is -0.172. The number of benzene rings is 3. The molecule has 7 heterocycles. The smallest absolute Gasteiger partial charge is 0.343 e. The quantitative estimate of drug-likeness (QED) is 0.0207. The van der Waals surface area contributed by atoms with Crippen molar-refractivity contribution in [3.8, 4) is 33.9 Å². The molecule has 716 valence electrons. The predicted octanol–water partition coefficient (Wildman–Crippen LogP) is 4.25. The van der Waals surface area contributed by atoms with Crippen LogP contribution in [0.3, 0.4) is 0 Å². The Bertz CT molecular complexity index is 4900. The minimum atomic E-state index is -2.06. The van der Waals surface area contributed by atoms with Crippen molar-refractivity contribution in [1.29, 1.82) is 0 Å². The van der Waals surface area contributed by atoms with Gasteiger partial charge >= 0.3 is 5.97 Å². The molecular formula is C93H128FN13O24. The molecule has 0 radical (unpaired) electrons. The van der Waals surface area contributed by atoms with Gasteiger partial charge in [-0.05, 0) is 105 Å². The number of aromatic nitrogens is 5. The number of carbonyl (C=O) groups excluding carboxylic acids is 8. The second kappa shape index (κ2) is 50.4. The van der Waals surface area contributed by atoms with Crippen LogP contribution in [0.15, 0.2) is 65.5 Å². The Kier molecular flexibility index (Phi) is 38.5. The van der Waals surface area contributed by atoms with E-state index in [2.05, 4.69) is 36.9 Å². The van der Waals surface area contributed by atoms with Gasteiger partial charge in [-0.3, -0.25) is 38.4 Å². The Morgan fingerprint density at radius 1 is 0.626 bits per heavy atom. The number of rotatable bonds is 59. The number of hydrogen-bond acceptors (Lipinski definition) is 28. The fourth-order valence-corrected chi connectivity index (χ4v) is 17.3. The summed E-state index contributed by atoms with van der Waals surface area (Å²) in [4.78, 5) is 130. The lowest BCUT2D eigenvalue weighted by atomic mass is 9.57. The Morgan fingerprint density at radius 2 is 1.18 bits per heavy atom.